The fourth-order valence-corrected chi connectivity index (χ4v) is 3.13. The molecule has 1 aromatic carbocycles. The molecule has 0 aliphatic rings. The van der Waals surface area contributed by atoms with Gasteiger partial charge in [-0.1, -0.05) is 6.92 Å². The third-order valence-corrected chi connectivity index (χ3v) is 4.89. The zero-order chi connectivity index (χ0) is 19.9. The van der Waals surface area contributed by atoms with Crippen LogP contribution in [0.15, 0.2) is 51.2 Å². The summed E-state index contributed by atoms with van der Waals surface area (Å²) >= 11 is 3.29. The van der Waals surface area contributed by atoms with Crippen molar-refractivity contribution in [3.05, 3.63) is 41.0 Å². The number of phenols is 1. The van der Waals surface area contributed by atoms with Crippen molar-refractivity contribution in [2.75, 3.05) is 23.7 Å². The van der Waals surface area contributed by atoms with Crippen molar-refractivity contribution in [2.24, 2.45) is 10.2 Å². The van der Waals surface area contributed by atoms with Gasteiger partial charge in [0.25, 0.3) is 10.1 Å². The molecule has 0 atom stereocenters. The van der Waals surface area contributed by atoms with Crippen LogP contribution in [0.5, 0.6) is 5.75 Å². The van der Waals surface area contributed by atoms with Gasteiger partial charge in [0.1, 0.15) is 11.4 Å². The van der Waals surface area contributed by atoms with Crippen molar-refractivity contribution in [2.45, 2.75) is 19.8 Å². The second kappa shape index (κ2) is 11.8. The van der Waals surface area contributed by atoms with Crippen molar-refractivity contribution < 1.29 is 18.1 Å². The van der Waals surface area contributed by atoms with E-state index in [0.29, 0.717) is 24.6 Å². The van der Waals surface area contributed by atoms with Gasteiger partial charge < -0.3 is 10.0 Å². The van der Waals surface area contributed by atoms with Crippen LogP contribution in [0.25, 0.3) is 0 Å². The Labute approximate surface area is 195 Å². The molecule has 0 radical (unpaired) electrons. The summed E-state index contributed by atoms with van der Waals surface area (Å²) in [6, 6.07) is 8.47. The van der Waals surface area contributed by atoms with Crippen LogP contribution >= 0.6 is 15.9 Å². The number of nitrogens with zero attached hydrogens (tertiary/aromatic N) is 4. The van der Waals surface area contributed by atoms with Crippen molar-refractivity contribution >= 4 is 72.8 Å². The van der Waals surface area contributed by atoms with E-state index in [2.05, 4.69) is 31.1 Å². The molecule has 1 heterocycles. The molecule has 28 heavy (non-hydrogen) atoms. The van der Waals surface area contributed by atoms with Crippen LogP contribution in [0.2, 0.25) is 0 Å². The van der Waals surface area contributed by atoms with E-state index in [1.54, 1.807) is 36.5 Å². The zero-order valence-electron chi connectivity index (χ0n) is 14.8. The molecule has 0 aliphatic carbocycles. The van der Waals surface area contributed by atoms with Crippen LogP contribution in [0, 0.1) is 0 Å². The summed E-state index contributed by atoms with van der Waals surface area (Å²) in [5, 5.41) is 18.2. The molecular formula is C17H22BrN4NaO4S. The number of aromatic hydroxyl groups is 1. The number of azo groups is 1. The van der Waals surface area contributed by atoms with Gasteiger partial charge in [0.15, 0.2) is 5.82 Å². The Hall–Kier alpha value is -1.04. The molecule has 0 bridgehead atoms. The Morgan fingerprint density at radius 3 is 2.50 bits per heavy atom. The summed E-state index contributed by atoms with van der Waals surface area (Å²) in [6.07, 6.45) is 2.74. The van der Waals surface area contributed by atoms with Crippen LogP contribution < -0.4 is 4.90 Å². The minimum atomic E-state index is -3.98. The van der Waals surface area contributed by atoms with Crippen LogP contribution in [0.3, 0.4) is 0 Å². The monoisotopic (exact) mass is 480 g/mol. The van der Waals surface area contributed by atoms with Crippen LogP contribution in [0.1, 0.15) is 19.8 Å². The SMILES string of the molecule is CCCN(CCCS(=O)(=O)O)c1ccc(N=Nc2ccc(Br)cn2)c(O)c1.[NaH]. The summed E-state index contributed by atoms with van der Waals surface area (Å²) in [5.41, 5.74) is 1.04. The summed E-state index contributed by atoms with van der Waals surface area (Å²) in [4.78, 5) is 6.03. The number of halogens is 1. The predicted molar refractivity (Wildman–Crippen MR) is 115 cm³/mol. The Morgan fingerprint density at radius 1 is 1.18 bits per heavy atom. The quantitative estimate of drug-likeness (QED) is 0.320. The van der Waals surface area contributed by atoms with Crippen molar-refractivity contribution in [1.82, 2.24) is 4.98 Å². The number of phenolic OH excluding ortho intramolecular Hbond substituents is 1. The number of hydrogen-bond donors (Lipinski definition) is 2. The predicted octanol–water partition coefficient (Wildman–Crippen LogP) is 3.81. The number of hydrogen-bond acceptors (Lipinski definition) is 7. The van der Waals surface area contributed by atoms with Crippen LogP contribution in [0.4, 0.5) is 17.2 Å². The topological polar surface area (TPSA) is 115 Å². The first-order valence-electron chi connectivity index (χ1n) is 8.35. The molecule has 0 saturated heterocycles. The zero-order valence-corrected chi connectivity index (χ0v) is 17.2. The summed E-state index contributed by atoms with van der Waals surface area (Å²) in [5.74, 6) is 0.0785. The Balaban J connectivity index is 0.00000392. The maximum atomic E-state index is 10.9. The molecule has 2 N–H and O–H groups in total. The number of rotatable bonds is 9. The molecule has 0 amide bonds. The van der Waals surface area contributed by atoms with Gasteiger partial charge in [-0.15, -0.1) is 10.2 Å². The van der Waals surface area contributed by atoms with Gasteiger partial charge in [-0.05, 0) is 53.0 Å². The van der Waals surface area contributed by atoms with Gasteiger partial charge in [0.2, 0.25) is 0 Å². The van der Waals surface area contributed by atoms with E-state index in [0.717, 1.165) is 16.6 Å². The number of anilines is 1. The van der Waals surface area contributed by atoms with E-state index in [9.17, 15) is 13.5 Å². The fourth-order valence-electron chi connectivity index (χ4n) is 2.40. The number of benzene rings is 1. The standard InChI is InChI=1S/C17H21BrN4O4S.Na.H/c1-2-8-22(9-3-10-27(24,25)26)14-5-6-15(16(23)11-14)20-21-17-7-4-13(18)12-19-17;;/h4-7,11-12,23H,2-3,8-10H2,1H3,(H,24,25,26);;. The molecular weight excluding hydrogens is 459 g/mol. The third-order valence-electron chi connectivity index (χ3n) is 3.62. The normalized spacial score (nSPS) is 11.4. The molecule has 0 saturated carbocycles. The second-order valence-electron chi connectivity index (χ2n) is 5.83. The van der Waals surface area contributed by atoms with Gasteiger partial charge in [-0.2, -0.15) is 8.42 Å². The van der Waals surface area contributed by atoms with Gasteiger partial charge in [-0.25, -0.2) is 4.98 Å². The summed E-state index contributed by atoms with van der Waals surface area (Å²) in [6.45, 7) is 3.13. The van der Waals surface area contributed by atoms with Crippen molar-refractivity contribution in [3.8, 4) is 5.75 Å². The molecule has 0 spiro atoms. The van der Waals surface area contributed by atoms with Gasteiger partial charge in [0.05, 0.1) is 5.75 Å². The van der Waals surface area contributed by atoms with Gasteiger partial charge in [0, 0.05) is 35.5 Å². The molecule has 148 valence electrons. The van der Waals surface area contributed by atoms with E-state index < -0.39 is 10.1 Å². The average molecular weight is 481 g/mol. The first kappa shape index (κ1) is 25.0. The molecule has 0 aliphatic heterocycles. The third kappa shape index (κ3) is 8.54. The Morgan fingerprint density at radius 2 is 1.93 bits per heavy atom. The molecule has 11 heteroatoms. The molecule has 2 rings (SSSR count). The van der Waals surface area contributed by atoms with E-state index in [4.69, 9.17) is 4.55 Å². The molecule has 1 aromatic heterocycles. The van der Waals surface area contributed by atoms with E-state index in [1.807, 2.05) is 11.8 Å². The van der Waals surface area contributed by atoms with Crippen LogP contribution in [-0.4, -0.2) is 71.5 Å². The van der Waals surface area contributed by atoms with E-state index >= 15 is 0 Å². The van der Waals surface area contributed by atoms with E-state index in [1.165, 1.54) is 0 Å². The molecule has 8 nitrogen and oxygen atoms in total. The first-order chi connectivity index (χ1) is 12.8. The molecule has 2 aromatic rings. The fraction of sp³-hybridized carbons (Fsp3) is 0.353. The number of pyridine rings is 1. The minimum absolute atomic E-state index is 0. The van der Waals surface area contributed by atoms with Crippen molar-refractivity contribution in [3.63, 3.8) is 0 Å². The summed E-state index contributed by atoms with van der Waals surface area (Å²) < 4.78 is 31.5. The second-order valence-corrected chi connectivity index (χ2v) is 8.32. The van der Waals surface area contributed by atoms with Crippen molar-refractivity contribution in [1.29, 1.82) is 0 Å². The number of aromatic nitrogens is 1. The summed E-state index contributed by atoms with van der Waals surface area (Å²) in [7, 11) is -3.98. The Kier molecular flexibility index (Phi) is 10.6. The van der Waals surface area contributed by atoms with Gasteiger partial charge >= 0.3 is 29.6 Å². The average Bonchev–Trinajstić information content (AvgIpc) is 2.60. The first-order valence-corrected chi connectivity index (χ1v) is 10.7. The maximum absolute atomic E-state index is 10.9. The van der Waals surface area contributed by atoms with Gasteiger partial charge in [-0.3, -0.25) is 4.55 Å². The van der Waals surface area contributed by atoms with E-state index in [-0.39, 0.29) is 47.5 Å². The van der Waals surface area contributed by atoms with Crippen LogP contribution in [-0.2, 0) is 10.1 Å². The molecule has 0 unspecified atom stereocenters. The Bertz CT molecular complexity index is 895. The molecule has 0 fully saturated rings.